The highest BCUT2D eigenvalue weighted by Crippen LogP contribution is 2.30. The van der Waals surface area contributed by atoms with E-state index in [0.717, 1.165) is 40.2 Å². The Kier molecular flexibility index (Phi) is 9.37. The Labute approximate surface area is 261 Å². The number of hydrogen-bond donors (Lipinski definition) is 1. The van der Waals surface area contributed by atoms with Crippen molar-refractivity contribution in [3.05, 3.63) is 100 Å². The highest BCUT2D eigenvalue weighted by molar-refractivity contribution is 7.07. The van der Waals surface area contributed by atoms with Crippen molar-refractivity contribution in [3.63, 3.8) is 0 Å². The van der Waals surface area contributed by atoms with E-state index in [4.69, 9.17) is 4.74 Å². The number of urea groups is 1. The lowest BCUT2D eigenvalue weighted by Gasteiger charge is -2.18. The maximum Gasteiger partial charge on any atom is 0.573 e. The summed E-state index contributed by atoms with van der Waals surface area (Å²) in [6.07, 6.45) is -2.32. The number of benzene rings is 3. The van der Waals surface area contributed by atoms with Crippen LogP contribution in [0.4, 0.5) is 18.0 Å². The fourth-order valence-electron chi connectivity index (χ4n) is 4.64. The molecule has 0 fully saturated rings. The number of thiazole rings is 1. The Morgan fingerprint density at radius 1 is 1.07 bits per heavy atom. The van der Waals surface area contributed by atoms with Crippen molar-refractivity contribution >= 4 is 17.4 Å². The molecular weight excluding hydrogens is 605 g/mol. The van der Waals surface area contributed by atoms with E-state index in [2.05, 4.69) is 45.0 Å². The SMILES string of the molecule is CCC(C)c1ccc(OC)cc1-n1c(C)csc1=NC(=O)NCc1ccc(-c2ncn(-c3ccc(OC(F)(F)F)cc3)n2)cc1. The number of nitrogens with zero attached hydrogens (tertiary/aromatic N) is 5. The Hall–Kier alpha value is -4.91. The first-order valence-electron chi connectivity index (χ1n) is 14.1. The van der Waals surface area contributed by atoms with Gasteiger partial charge in [-0.1, -0.05) is 44.2 Å². The number of rotatable bonds is 9. The van der Waals surface area contributed by atoms with Crippen LogP contribution in [-0.4, -0.2) is 38.8 Å². The molecule has 9 nitrogen and oxygen atoms in total. The number of hydrogen-bond acceptors (Lipinski definition) is 6. The summed E-state index contributed by atoms with van der Waals surface area (Å²) in [5.74, 6) is 1.15. The van der Waals surface area contributed by atoms with Gasteiger partial charge in [0.15, 0.2) is 10.6 Å². The molecule has 2 aromatic heterocycles. The van der Waals surface area contributed by atoms with Gasteiger partial charge in [-0.3, -0.25) is 4.57 Å². The van der Waals surface area contributed by atoms with Gasteiger partial charge >= 0.3 is 12.4 Å². The van der Waals surface area contributed by atoms with Gasteiger partial charge in [0.1, 0.15) is 17.8 Å². The number of carbonyl (C=O) groups is 1. The molecule has 45 heavy (non-hydrogen) atoms. The topological polar surface area (TPSA) is 95.6 Å². The largest absolute Gasteiger partial charge is 0.573 e. The van der Waals surface area contributed by atoms with Crippen LogP contribution in [0.5, 0.6) is 11.5 Å². The van der Waals surface area contributed by atoms with E-state index in [0.29, 0.717) is 22.2 Å². The van der Waals surface area contributed by atoms with Crippen LogP contribution < -0.4 is 19.6 Å². The van der Waals surface area contributed by atoms with Crippen molar-refractivity contribution in [2.75, 3.05) is 7.11 Å². The smallest absolute Gasteiger partial charge is 0.497 e. The maximum atomic E-state index is 12.9. The highest BCUT2D eigenvalue weighted by Gasteiger charge is 2.31. The van der Waals surface area contributed by atoms with Gasteiger partial charge in [0.05, 0.1) is 18.5 Å². The molecule has 0 spiro atoms. The summed E-state index contributed by atoms with van der Waals surface area (Å²) < 4.78 is 50.1. The van der Waals surface area contributed by atoms with Crippen LogP contribution in [0.15, 0.2) is 83.4 Å². The Morgan fingerprint density at radius 2 is 1.78 bits per heavy atom. The third-order valence-corrected chi connectivity index (χ3v) is 8.12. The fourth-order valence-corrected chi connectivity index (χ4v) is 5.51. The molecule has 2 amide bonds. The van der Waals surface area contributed by atoms with Gasteiger partial charge in [-0.15, -0.1) is 29.6 Å². The fraction of sp³-hybridized carbons (Fsp3) is 0.250. The van der Waals surface area contributed by atoms with Crippen LogP contribution in [0.2, 0.25) is 0 Å². The second-order valence-corrected chi connectivity index (χ2v) is 11.1. The van der Waals surface area contributed by atoms with Crippen LogP contribution in [0.25, 0.3) is 22.8 Å². The maximum absolute atomic E-state index is 12.9. The molecule has 0 saturated heterocycles. The molecule has 0 aliphatic rings. The van der Waals surface area contributed by atoms with E-state index >= 15 is 0 Å². The second kappa shape index (κ2) is 13.4. The minimum absolute atomic E-state index is 0.262. The number of ether oxygens (including phenoxy) is 2. The molecule has 1 atom stereocenters. The number of aromatic nitrogens is 4. The molecule has 0 saturated carbocycles. The average molecular weight is 637 g/mol. The molecule has 5 aromatic rings. The molecule has 234 valence electrons. The van der Waals surface area contributed by atoms with E-state index in [-0.39, 0.29) is 12.3 Å². The van der Waals surface area contributed by atoms with E-state index in [1.54, 1.807) is 7.11 Å². The normalized spacial score (nSPS) is 12.6. The van der Waals surface area contributed by atoms with Crippen molar-refractivity contribution in [2.24, 2.45) is 4.99 Å². The van der Waals surface area contributed by atoms with E-state index in [9.17, 15) is 18.0 Å². The van der Waals surface area contributed by atoms with Gasteiger partial charge in [-0.25, -0.2) is 14.5 Å². The third kappa shape index (κ3) is 7.60. The quantitative estimate of drug-likeness (QED) is 0.183. The lowest BCUT2D eigenvalue weighted by molar-refractivity contribution is -0.274. The van der Waals surface area contributed by atoms with Crippen molar-refractivity contribution < 1.29 is 27.4 Å². The Balaban J connectivity index is 1.26. The minimum atomic E-state index is -4.76. The molecule has 0 aliphatic heterocycles. The summed E-state index contributed by atoms with van der Waals surface area (Å²) in [5.41, 5.74) is 5.15. The highest BCUT2D eigenvalue weighted by atomic mass is 32.1. The van der Waals surface area contributed by atoms with Gasteiger partial charge < -0.3 is 14.8 Å². The number of halogens is 3. The predicted octanol–water partition coefficient (Wildman–Crippen LogP) is 7.33. The van der Waals surface area contributed by atoms with Crippen molar-refractivity contribution in [3.8, 4) is 34.3 Å². The molecule has 13 heteroatoms. The molecule has 3 aromatic carbocycles. The van der Waals surface area contributed by atoms with Gasteiger partial charge in [0, 0.05) is 29.2 Å². The number of alkyl halides is 3. The number of amides is 2. The first kappa shape index (κ1) is 31.5. The lowest BCUT2D eigenvalue weighted by Crippen LogP contribution is -2.24. The molecule has 0 aliphatic carbocycles. The van der Waals surface area contributed by atoms with E-state index in [1.807, 2.05) is 53.3 Å². The van der Waals surface area contributed by atoms with Crippen molar-refractivity contribution in [2.45, 2.75) is 46.0 Å². The van der Waals surface area contributed by atoms with Crippen LogP contribution in [-0.2, 0) is 6.54 Å². The van der Waals surface area contributed by atoms with Gasteiger partial charge in [-0.05, 0) is 60.7 Å². The standard InChI is InChI=1S/C32H31F3N6O3S/c1-5-20(2)27-15-14-26(43-4)16-28(27)41-21(3)18-45-31(41)38-30(42)36-17-22-6-8-23(9-7-22)29-37-19-40(39-29)24-10-12-25(13-11-24)44-32(33,34)35/h6-16,18-20H,5,17H2,1-4H3,(H,36,42). The predicted molar refractivity (Wildman–Crippen MR) is 165 cm³/mol. The molecule has 0 radical (unpaired) electrons. The molecule has 1 unspecified atom stereocenters. The first-order chi connectivity index (χ1) is 21.5. The summed E-state index contributed by atoms with van der Waals surface area (Å²) in [6.45, 7) is 6.55. The molecule has 5 rings (SSSR count). The minimum Gasteiger partial charge on any atom is -0.497 e. The number of aryl methyl sites for hydroxylation is 1. The average Bonchev–Trinajstić information content (AvgIpc) is 3.66. The molecule has 1 N–H and O–H groups in total. The molecular formula is C32H31F3N6O3S. The van der Waals surface area contributed by atoms with Crippen molar-refractivity contribution in [1.82, 2.24) is 24.6 Å². The number of carbonyl (C=O) groups excluding carboxylic acids is 1. The van der Waals surface area contributed by atoms with Crippen molar-refractivity contribution in [1.29, 1.82) is 0 Å². The summed E-state index contributed by atoms with van der Waals surface area (Å²) >= 11 is 1.39. The molecule has 2 heterocycles. The van der Waals surface area contributed by atoms with Crippen LogP contribution >= 0.6 is 11.3 Å². The number of nitrogens with one attached hydrogen (secondary N) is 1. The van der Waals surface area contributed by atoms with E-state index in [1.165, 1.54) is 46.6 Å². The van der Waals surface area contributed by atoms with Crippen LogP contribution in [0, 0.1) is 6.92 Å². The zero-order valence-corrected chi connectivity index (χ0v) is 25.8. The zero-order chi connectivity index (χ0) is 32.1. The zero-order valence-electron chi connectivity index (χ0n) is 25.0. The van der Waals surface area contributed by atoms with Gasteiger partial charge in [0.25, 0.3) is 0 Å². The van der Waals surface area contributed by atoms with Gasteiger partial charge in [-0.2, -0.15) is 4.99 Å². The number of methoxy groups -OCH3 is 1. The molecule has 0 bridgehead atoms. The summed E-state index contributed by atoms with van der Waals surface area (Å²) in [7, 11) is 1.63. The third-order valence-electron chi connectivity index (χ3n) is 7.18. The van der Waals surface area contributed by atoms with Crippen LogP contribution in [0.1, 0.15) is 43.0 Å². The first-order valence-corrected chi connectivity index (χ1v) is 15.0. The van der Waals surface area contributed by atoms with E-state index < -0.39 is 12.4 Å². The summed E-state index contributed by atoms with van der Waals surface area (Å²) in [4.78, 5) is 22.1. The monoisotopic (exact) mass is 636 g/mol. The summed E-state index contributed by atoms with van der Waals surface area (Å²) in [6, 6.07) is 18.2. The van der Waals surface area contributed by atoms with Gasteiger partial charge in [0.2, 0.25) is 0 Å². The summed E-state index contributed by atoms with van der Waals surface area (Å²) in [5, 5.41) is 9.25. The Morgan fingerprint density at radius 3 is 2.44 bits per heavy atom. The second-order valence-electron chi connectivity index (χ2n) is 10.3. The van der Waals surface area contributed by atoms with Crippen LogP contribution in [0.3, 0.4) is 0 Å². The Bertz CT molecular complexity index is 1840. The lowest BCUT2D eigenvalue weighted by atomic mass is 9.96.